The third kappa shape index (κ3) is 2.57. The molecular weight excluding hydrogens is 200 g/mol. The topological polar surface area (TPSA) is 55.1 Å². The summed E-state index contributed by atoms with van der Waals surface area (Å²) in [6, 6.07) is 0.300. The van der Waals surface area contributed by atoms with Crippen LogP contribution in [0.3, 0.4) is 0 Å². The first-order valence-corrected chi connectivity index (χ1v) is 6.48. The van der Waals surface area contributed by atoms with Crippen molar-refractivity contribution in [3.8, 4) is 0 Å². The molecule has 3 N–H and O–H groups in total. The van der Waals surface area contributed by atoms with Gasteiger partial charge in [0.25, 0.3) is 0 Å². The van der Waals surface area contributed by atoms with E-state index in [0.717, 1.165) is 25.7 Å². The second-order valence-electron chi connectivity index (χ2n) is 5.65. The second kappa shape index (κ2) is 5.17. The Hall–Kier alpha value is -0.570. The first-order chi connectivity index (χ1) is 7.41. The van der Waals surface area contributed by atoms with Crippen LogP contribution in [-0.4, -0.2) is 18.0 Å². The van der Waals surface area contributed by atoms with Gasteiger partial charge in [-0.25, -0.2) is 0 Å². The third-order valence-corrected chi connectivity index (χ3v) is 4.11. The molecule has 3 atom stereocenters. The fourth-order valence-electron chi connectivity index (χ4n) is 2.55. The molecule has 0 spiro atoms. The van der Waals surface area contributed by atoms with Gasteiger partial charge < -0.3 is 11.1 Å². The van der Waals surface area contributed by atoms with E-state index >= 15 is 0 Å². The number of carbonyl (C=O) groups excluding carboxylic acids is 1. The Morgan fingerprint density at radius 1 is 1.56 bits per heavy atom. The molecule has 0 bridgehead atoms. The van der Waals surface area contributed by atoms with Crippen LogP contribution in [0.5, 0.6) is 0 Å². The largest absolute Gasteiger partial charge is 0.353 e. The SMILES string of the molecule is CCC(NC(=O)C1(C)CCCC1N)C(C)C. The number of hydrogen-bond donors (Lipinski definition) is 2. The minimum Gasteiger partial charge on any atom is -0.353 e. The molecule has 0 aromatic carbocycles. The van der Waals surface area contributed by atoms with Crippen molar-refractivity contribution >= 4 is 5.91 Å². The highest BCUT2D eigenvalue weighted by Gasteiger charge is 2.43. The van der Waals surface area contributed by atoms with Crippen LogP contribution < -0.4 is 11.1 Å². The van der Waals surface area contributed by atoms with Crippen molar-refractivity contribution in [1.82, 2.24) is 5.32 Å². The van der Waals surface area contributed by atoms with Crippen molar-refractivity contribution in [1.29, 1.82) is 0 Å². The normalized spacial score (nSPS) is 31.8. The predicted octanol–water partition coefficient (Wildman–Crippen LogP) is 2.05. The molecule has 0 radical (unpaired) electrons. The highest BCUT2D eigenvalue weighted by molar-refractivity contribution is 5.83. The van der Waals surface area contributed by atoms with Crippen LogP contribution in [0.4, 0.5) is 0 Å². The Morgan fingerprint density at radius 3 is 2.56 bits per heavy atom. The number of rotatable bonds is 4. The first kappa shape index (κ1) is 13.5. The fraction of sp³-hybridized carbons (Fsp3) is 0.923. The quantitative estimate of drug-likeness (QED) is 0.771. The minimum absolute atomic E-state index is 0.0252. The molecule has 0 heterocycles. The Morgan fingerprint density at radius 2 is 2.19 bits per heavy atom. The van der Waals surface area contributed by atoms with Crippen LogP contribution in [0.2, 0.25) is 0 Å². The second-order valence-corrected chi connectivity index (χ2v) is 5.65. The zero-order chi connectivity index (χ0) is 12.3. The summed E-state index contributed by atoms with van der Waals surface area (Å²) in [4.78, 5) is 12.3. The van der Waals surface area contributed by atoms with Gasteiger partial charge in [0.05, 0.1) is 5.41 Å². The zero-order valence-corrected chi connectivity index (χ0v) is 11.0. The smallest absolute Gasteiger partial charge is 0.227 e. The summed E-state index contributed by atoms with van der Waals surface area (Å²) in [6.07, 6.45) is 3.95. The molecule has 0 aromatic heterocycles. The van der Waals surface area contributed by atoms with E-state index in [1.54, 1.807) is 0 Å². The van der Waals surface area contributed by atoms with E-state index in [0.29, 0.717) is 5.92 Å². The summed E-state index contributed by atoms with van der Waals surface area (Å²) in [5.74, 6) is 0.633. The number of amides is 1. The van der Waals surface area contributed by atoms with Gasteiger partial charge in [-0.3, -0.25) is 4.79 Å². The van der Waals surface area contributed by atoms with E-state index in [4.69, 9.17) is 5.73 Å². The van der Waals surface area contributed by atoms with Gasteiger partial charge in [0.2, 0.25) is 5.91 Å². The van der Waals surface area contributed by atoms with E-state index in [2.05, 4.69) is 26.1 Å². The van der Waals surface area contributed by atoms with Gasteiger partial charge in [-0.2, -0.15) is 0 Å². The van der Waals surface area contributed by atoms with Crippen molar-refractivity contribution in [3.05, 3.63) is 0 Å². The summed E-state index contributed by atoms with van der Waals surface area (Å²) in [5.41, 5.74) is 5.70. The fourth-order valence-corrected chi connectivity index (χ4v) is 2.55. The molecule has 1 fully saturated rings. The van der Waals surface area contributed by atoms with Crippen LogP contribution in [0.1, 0.15) is 53.4 Å². The molecule has 1 aliphatic carbocycles. The third-order valence-electron chi connectivity index (χ3n) is 4.11. The molecule has 1 amide bonds. The first-order valence-electron chi connectivity index (χ1n) is 6.48. The van der Waals surface area contributed by atoms with Gasteiger partial charge in [0, 0.05) is 12.1 Å². The summed E-state index contributed by atoms with van der Waals surface area (Å²) < 4.78 is 0. The van der Waals surface area contributed by atoms with Gasteiger partial charge in [-0.1, -0.05) is 27.2 Å². The average molecular weight is 226 g/mol. The van der Waals surface area contributed by atoms with Crippen LogP contribution in [0, 0.1) is 11.3 Å². The summed E-state index contributed by atoms with van der Waals surface area (Å²) >= 11 is 0. The van der Waals surface area contributed by atoms with Crippen molar-refractivity contribution in [2.75, 3.05) is 0 Å². The average Bonchev–Trinajstić information content (AvgIpc) is 2.56. The van der Waals surface area contributed by atoms with Gasteiger partial charge in [0.15, 0.2) is 0 Å². The Labute approximate surface area is 99.2 Å². The van der Waals surface area contributed by atoms with E-state index in [1.807, 2.05) is 6.92 Å². The monoisotopic (exact) mass is 226 g/mol. The van der Waals surface area contributed by atoms with Gasteiger partial charge in [-0.05, 0) is 32.1 Å². The molecule has 0 aliphatic heterocycles. The number of nitrogens with one attached hydrogen (secondary N) is 1. The molecule has 1 aliphatic rings. The van der Waals surface area contributed by atoms with Crippen LogP contribution in [0.15, 0.2) is 0 Å². The van der Waals surface area contributed by atoms with Crippen molar-refractivity contribution in [2.24, 2.45) is 17.1 Å². The van der Waals surface area contributed by atoms with Crippen LogP contribution >= 0.6 is 0 Å². The lowest BCUT2D eigenvalue weighted by atomic mass is 9.83. The molecule has 16 heavy (non-hydrogen) atoms. The maximum Gasteiger partial charge on any atom is 0.227 e. The highest BCUT2D eigenvalue weighted by atomic mass is 16.2. The van der Waals surface area contributed by atoms with E-state index < -0.39 is 0 Å². The zero-order valence-electron chi connectivity index (χ0n) is 11.0. The molecule has 1 saturated carbocycles. The van der Waals surface area contributed by atoms with Crippen molar-refractivity contribution in [2.45, 2.75) is 65.5 Å². The molecule has 3 heteroatoms. The molecule has 3 unspecified atom stereocenters. The lowest BCUT2D eigenvalue weighted by molar-refractivity contribution is -0.131. The molecule has 94 valence electrons. The van der Waals surface area contributed by atoms with E-state index in [-0.39, 0.29) is 23.4 Å². The maximum absolute atomic E-state index is 12.3. The molecular formula is C13H26N2O. The van der Waals surface area contributed by atoms with Gasteiger partial charge in [0.1, 0.15) is 0 Å². The van der Waals surface area contributed by atoms with E-state index in [9.17, 15) is 4.79 Å². The Bertz CT molecular complexity index is 252. The minimum atomic E-state index is -0.345. The summed E-state index contributed by atoms with van der Waals surface area (Å²) in [7, 11) is 0. The number of carbonyl (C=O) groups is 1. The van der Waals surface area contributed by atoms with E-state index in [1.165, 1.54) is 0 Å². The standard InChI is InChI=1S/C13H26N2O/c1-5-10(9(2)3)15-12(16)13(4)8-6-7-11(13)14/h9-11H,5-8,14H2,1-4H3,(H,15,16). The lowest BCUT2D eigenvalue weighted by Crippen LogP contribution is -2.51. The lowest BCUT2D eigenvalue weighted by Gasteiger charge is -2.31. The van der Waals surface area contributed by atoms with Crippen LogP contribution in [0.25, 0.3) is 0 Å². The number of nitrogens with two attached hydrogens (primary N) is 1. The van der Waals surface area contributed by atoms with Gasteiger partial charge >= 0.3 is 0 Å². The van der Waals surface area contributed by atoms with Crippen molar-refractivity contribution < 1.29 is 4.79 Å². The maximum atomic E-state index is 12.3. The van der Waals surface area contributed by atoms with Crippen LogP contribution in [-0.2, 0) is 4.79 Å². The number of hydrogen-bond acceptors (Lipinski definition) is 2. The summed E-state index contributed by atoms with van der Waals surface area (Å²) in [5, 5.41) is 3.16. The molecule has 3 nitrogen and oxygen atoms in total. The molecule has 0 saturated heterocycles. The van der Waals surface area contributed by atoms with Crippen molar-refractivity contribution in [3.63, 3.8) is 0 Å². The molecule has 0 aromatic rings. The van der Waals surface area contributed by atoms with Gasteiger partial charge in [-0.15, -0.1) is 0 Å². The Balaban J connectivity index is 2.64. The Kier molecular flexibility index (Phi) is 4.36. The summed E-state index contributed by atoms with van der Waals surface area (Å²) in [6.45, 7) is 8.41. The molecule has 1 rings (SSSR count). The highest BCUT2D eigenvalue weighted by Crippen LogP contribution is 2.37. The predicted molar refractivity (Wildman–Crippen MR) is 67.0 cm³/mol.